The number of hydrogen-bond acceptors (Lipinski definition) is 9. The molecule has 14 heteroatoms. The summed E-state index contributed by atoms with van der Waals surface area (Å²) in [5.74, 6) is -1.40. The number of anilines is 2. The Morgan fingerprint density at radius 2 is 1.78 bits per heavy atom. The Labute approximate surface area is 259 Å². The third-order valence-electron chi connectivity index (χ3n) is 7.86. The Balaban J connectivity index is 1.26. The van der Waals surface area contributed by atoms with Crippen LogP contribution in [0, 0.1) is 17.0 Å². The zero-order valence-electron chi connectivity index (χ0n) is 25.2. The maximum Gasteiger partial charge on any atom is 0.410 e. The molecule has 4 heterocycles. The molecule has 2 aromatic carbocycles. The van der Waals surface area contributed by atoms with Crippen LogP contribution in [-0.2, 0) is 14.8 Å². The van der Waals surface area contributed by atoms with Gasteiger partial charge in [-0.1, -0.05) is 6.07 Å². The van der Waals surface area contributed by atoms with Gasteiger partial charge in [0.25, 0.3) is 10.0 Å². The Morgan fingerprint density at radius 3 is 2.49 bits per heavy atom. The molecule has 1 N–H and O–H groups in total. The molecular formula is C31H32F2N6O5S. The number of halogens is 2. The van der Waals surface area contributed by atoms with Gasteiger partial charge in [0.05, 0.1) is 12.6 Å². The van der Waals surface area contributed by atoms with Crippen molar-refractivity contribution in [1.29, 1.82) is 0 Å². The molecule has 0 bridgehead atoms. The first-order valence-electron chi connectivity index (χ1n) is 14.3. The van der Waals surface area contributed by atoms with E-state index in [4.69, 9.17) is 9.47 Å². The predicted molar refractivity (Wildman–Crippen MR) is 164 cm³/mol. The highest BCUT2D eigenvalue weighted by molar-refractivity contribution is 7.92. The van der Waals surface area contributed by atoms with E-state index < -0.39 is 32.2 Å². The monoisotopic (exact) mass is 638 g/mol. The van der Waals surface area contributed by atoms with Gasteiger partial charge < -0.3 is 19.3 Å². The summed E-state index contributed by atoms with van der Waals surface area (Å²) in [5.41, 5.74) is 1.36. The van der Waals surface area contributed by atoms with Crippen molar-refractivity contribution < 1.29 is 31.5 Å². The largest absolute Gasteiger partial charge is 0.480 e. The molecule has 2 aliphatic rings. The van der Waals surface area contributed by atoms with E-state index in [1.54, 1.807) is 4.90 Å². The fraction of sp³-hybridized carbons (Fsp3) is 0.355. The van der Waals surface area contributed by atoms with Crippen molar-refractivity contribution in [2.75, 3.05) is 42.9 Å². The van der Waals surface area contributed by atoms with Crippen LogP contribution in [0.25, 0.3) is 22.0 Å². The van der Waals surface area contributed by atoms with Gasteiger partial charge in [0.1, 0.15) is 40.0 Å². The Kier molecular flexibility index (Phi) is 7.50. The number of nitrogens with zero attached hydrogens (tertiary/aromatic N) is 5. The van der Waals surface area contributed by atoms with Gasteiger partial charge in [0, 0.05) is 54.8 Å². The van der Waals surface area contributed by atoms with E-state index in [0.29, 0.717) is 30.3 Å². The summed E-state index contributed by atoms with van der Waals surface area (Å²) in [7, 11) is -3.11. The number of nitrogens with one attached hydrogen (secondary N) is 1. The van der Waals surface area contributed by atoms with Crippen molar-refractivity contribution in [3.63, 3.8) is 0 Å². The van der Waals surface area contributed by atoms with Crippen LogP contribution in [0.2, 0.25) is 0 Å². The molecule has 2 fully saturated rings. The fourth-order valence-corrected chi connectivity index (χ4v) is 6.91. The summed E-state index contributed by atoms with van der Waals surface area (Å²) in [6.07, 6.45) is 3.65. The molecule has 0 aliphatic carbocycles. The number of carbonyl (C=O) groups excluding carboxylic acids is 1. The standard InChI is InChI=1S/C31H32F2N6O5S/c1-30(2,3)44-29(40)39-16-31(17-39)9-10-38(15-31)27-22-11-19(5-7-24(22)35-18-36-27)20-12-25(28(43-4)34-14-20)37-45(41,42)26-8-6-21(32)13-23(26)33/h5-8,11-14,18,37H,9-10,15-17H2,1-4H3. The highest BCUT2D eigenvalue weighted by Gasteiger charge is 2.50. The normalized spacial score (nSPS) is 16.1. The maximum absolute atomic E-state index is 14.3. The molecule has 2 aliphatic heterocycles. The zero-order valence-corrected chi connectivity index (χ0v) is 26.0. The van der Waals surface area contributed by atoms with Crippen LogP contribution in [0.5, 0.6) is 5.88 Å². The molecule has 0 unspecified atom stereocenters. The average molecular weight is 639 g/mol. The van der Waals surface area contributed by atoms with Gasteiger partial charge in [-0.15, -0.1) is 0 Å². The lowest BCUT2D eigenvalue weighted by molar-refractivity contribution is -0.0266. The van der Waals surface area contributed by atoms with E-state index in [1.165, 1.54) is 25.7 Å². The number of aromatic nitrogens is 3. The van der Waals surface area contributed by atoms with Gasteiger partial charge in [-0.2, -0.15) is 0 Å². The number of ether oxygens (including phenoxy) is 2. The van der Waals surface area contributed by atoms with E-state index in [-0.39, 0.29) is 23.1 Å². The van der Waals surface area contributed by atoms with Crippen LogP contribution >= 0.6 is 0 Å². The quantitative estimate of drug-likeness (QED) is 0.302. The topological polar surface area (TPSA) is 127 Å². The molecule has 11 nitrogen and oxygen atoms in total. The SMILES string of the molecule is COc1ncc(-c2ccc3ncnc(N4CCC5(CN(C(=O)OC(C)(C)C)C5)C4)c3c2)cc1NS(=O)(=O)c1ccc(F)cc1F. The molecule has 4 aromatic rings. The van der Waals surface area contributed by atoms with Crippen molar-refractivity contribution in [2.45, 2.75) is 37.7 Å². The second-order valence-electron chi connectivity index (χ2n) is 12.4. The average Bonchev–Trinajstić information content (AvgIpc) is 3.40. The summed E-state index contributed by atoms with van der Waals surface area (Å²) in [6.45, 7) is 8.26. The minimum Gasteiger partial charge on any atom is -0.480 e. The van der Waals surface area contributed by atoms with Crippen molar-refractivity contribution in [3.8, 4) is 17.0 Å². The van der Waals surface area contributed by atoms with E-state index in [1.807, 2.05) is 39.0 Å². The summed E-state index contributed by atoms with van der Waals surface area (Å²) >= 11 is 0. The summed E-state index contributed by atoms with van der Waals surface area (Å²) in [4.78, 5) is 29.0. The van der Waals surface area contributed by atoms with Crippen molar-refractivity contribution >= 4 is 38.5 Å². The van der Waals surface area contributed by atoms with Gasteiger partial charge in [0.15, 0.2) is 0 Å². The zero-order chi connectivity index (χ0) is 32.1. The second-order valence-corrected chi connectivity index (χ2v) is 14.0. The molecule has 0 radical (unpaired) electrons. The molecule has 0 saturated carbocycles. The van der Waals surface area contributed by atoms with Crippen molar-refractivity contribution in [1.82, 2.24) is 19.9 Å². The number of carbonyl (C=O) groups is 1. The fourth-order valence-electron chi connectivity index (χ4n) is 5.81. The van der Waals surface area contributed by atoms with Crippen LogP contribution < -0.4 is 14.4 Å². The number of hydrogen-bond donors (Lipinski definition) is 1. The molecule has 6 rings (SSSR count). The minimum atomic E-state index is -4.44. The summed E-state index contributed by atoms with van der Waals surface area (Å²) in [5, 5.41) is 0.793. The van der Waals surface area contributed by atoms with Crippen LogP contribution in [0.1, 0.15) is 27.2 Å². The molecule has 45 heavy (non-hydrogen) atoms. The van der Waals surface area contributed by atoms with E-state index in [2.05, 4.69) is 24.6 Å². The first kappa shape index (κ1) is 30.4. The number of likely N-dealkylation sites (tertiary alicyclic amines) is 1. The number of methoxy groups -OCH3 is 1. The smallest absolute Gasteiger partial charge is 0.410 e. The predicted octanol–water partition coefficient (Wildman–Crippen LogP) is 5.23. The highest BCUT2D eigenvalue weighted by atomic mass is 32.2. The Morgan fingerprint density at radius 1 is 1.00 bits per heavy atom. The van der Waals surface area contributed by atoms with Gasteiger partial charge in [-0.25, -0.2) is 36.9 Å². The van der Waals surface area contributed by atoms with Crippen LogP contribution in [0.15, 0.2) is 59.9 Å². The summed E-state index contributed by atoms with van der Waals surface area (Å²) in [6, 6.07) is 9.32. The van der Waals surface area contributed by atoms with Crippen LogP contribution in [-0.4, -0.2) is 73.3 Å². The first-order chi connectivity index (χ1) is 21.3. The van der Waals surface area contributed by atoms with Gasteiger partial charge in [0.2, 0.25) is 5.88 Å². The van der Waals surface area contributed by atoms with Crippen LogP contribution in [0.4, 0.5) is 25.1 Å². The highest BCUT2D eigenvalue weighted by Crippen LogP contribution is 2.43. The number of amides is 1. The molecule has 0 atom stereocenters. The molecule has 2 saturated heterocycles. The lowest BCUT2D eigenvalue weighted by atomic mass is 9.79. The lowest BCUT2D eigenvalue weighted by Crippen LogP contribution is -2.60. The van der Waals surface area contributed by atoms with E-state index in [9.17, 15) is 22.0 Å². The molecule has 1 spiro atoms. The molecule has 1 amide bonds. The van der Waals surface area contributed by atoms with Crippen molar-refractivity contribution in [3.05, 3.63) is 66.6 Å². The van der Waals surface area contributed by atoms with Gasteiger partial charge in [-0.3, -0.25) is 4.72 Å². The Bertz CT molecular complexity index is 1910. The lowest BCUT2D eigenvalue weighted by Gasteiger charge is -2.47. The molecule has 2 aromatic heterocycles. The van der Waals surface area contributed by atoms with E-state index >= 15 is 0 Å². The number of rotatable bonds is 6. The third-order valence-corrected chi connectivity index (χ3v) is 9.26. The molecular weight excluding hydrogens is 606 g/mol. The number of pyridine rings is 1. The number of benzene rings is 2. The number of sulfonamides is 1. The van der Waals surface area contributed by atoms with Gasteiger partial charge in [-0.05, 0) is 63.1 Å². The Hall–Kier alpha value is -4.59. The van der Waals surface area contributed by atoms with Crippen molar-refractivity contribution in [2.24, 2.45) is 5.41 Å². The summed E-state index contributed by atoms with van der Waals surface area (Å²) < 4.78 is 66.8. The maximum atomic E-state index is 14.3. The third kappa shape index (κ3) is 6.06. The second kappa shape index (κ2) is 11.1. The first-order valence-corrected chi connectivity index (χ1v) is 15.7. The van der Waals surface area contributed by atoms with E-state index in [0.717, 1.165) is 48.4 Å². The number of fused-ring (bicyclic) bond motifs is 1. The minimum absolute atomic E-state index is 0.0237. The van der Waals surface area contributed by atoms with Crippen LogP contribution in [0.3, 0.4) is 0 Å². The van der Waals surface area contributed by atoms with Gasteiger partial charge >= 0.3 is 6.09 Å². The molecule has 236 valence electrons.